The summed E-state index contributed by atoms with van der Waals surface area (Å²) >= 11 is 0. The second-order valence-corrected chi connectivity index (χ2v) is 6.82. The Balaban J connectivity index is 1.76. The minimum Gasteiger partial charge on any atom is -0.324 e. The molecule has 0 radical (unpaired) electrons. The first kappa shape index (κ1) is 15.1. The Kier molecular flexibility index (Phi) is 3.45. The van der Waals surface area contributed by atoms with Gasteiger partial charge in [0.05, 0.1) is 10.9 Å². The Morgan fingerprint density at radius 3 is 2.50 bits per heavy atom. The van der Waals surface area contributed by atoms with Crippen LogP contribution in [0.25, 0.3) is 10.9 Å². The van der Waals surface area contributed by atoms with Gasteiger partial charge in [0.2, 0.25) is 0 Å². The van der Waals surface area contributed by atoms with E-state index >= 15 is 0 Å². The van der Waals surface area contributed by atoms with Crippen molar-refractivity contribution in [3.8, 4) is 0 Å². The minimum atomic E-state index is -0.135. The molecule has 0 aliphatic carbocycles. The van der Waals surface area contributed by atoms with Crippen LogP contribution in [0.1, 0.15) is 28.4 Å². The Hall–Kier alpha value is -3.20. The summed E-state index contributed by atoms with van der Waals surface area (Å²) < 4.78 is 2.21. The van der Waals surface area contributed by atoms with Crippen LogP contribution < -0.4 is 5.56 Å². The first-order valence-electron chi connectivity index (χ1n) is 8.92. The third-order valence-electron chi connectivity index (χ3n) is 5.27. The fraction of sp³-hybridized carbons (Fsp3) is 0.130. The van der Waals surface area contributed by atoms with E-state index in [0.717, 1.165) is 24.3 Å². The Morgan fingerprint density at radius 1 is 0.885 bits per heavy atom. The highest BCUT2D eigenvalue weighted by molar-refractivity contribution is 5.78. The number of nitrogens with zero attached hydrogens (tertiary/aromatic N) is 2. The van der Waals surface area contributed by atoms with Gasteiger partial charge in [-0.25, -0.2) is 0 Å². The molecular weight excluding hydrogens is 320 g/mol. The highest BCUT2D eigenvalue weighted by Crippen LogP contribution is 2.35. The number of benzene rings is 3. The molecule has 26 heavy (non-hydrogen) atoms. The second kappa shape index (κ2) is 5.95. The first-order chi connectivity index (χ1) is 12.8. The molecule has 3 nitrogen and oxygen atoms in total. The number of aromatic nitrogens is 2. The summed E-state index contributed by atoms with van der Waals surface area (Å²) in [6.45, 7) is 0.755. The van der Waals surface area contributed by atoms with Crippen LogP contribution in [0.4, 0.5) is 0 Å². The fourth-order valence-electron chi connectivity index (χ4n) is 4.05. The summed E-state index contributed by atoms with van der Waals surface area (Å²) in [7, 11) is 0. The first-order valence-corrected chi connectivity index (χ1v) is 8.92. The zero-order chi connectivity index (χ0) is 17.5. The number of para-hydroxylation sites is 1. The number of rotatable bonds is 2. The van der Waals surface area contributed by atoms with E-state index in [1.807, 2.05) is 30.3 Å². The van der Waals surface area contributed by atoms with Crippen LogP contribution >= 0.6 is 0 Å². The molecule has 126 valence electrons. The maximum Gasteiger partial charge on any atom is 0.280 e. The third-order valence-corrected chi connectivity index (χ3v) is 5.27. The summed E-state index contributed by atoms with van der Waals surface area (Å²) in [6, 6.07) is 26.7. The molecule has 1 unspecified atom stereocenters. The molecular formula is C23H18N2O. The van der Waals surface area contributed by atoms with Crippen molar-refractivity contribution in [2.45, 2.75) is 18.9 Å². The molecule has 0 saturated heterocycles. The molecule has 0 N–H and O–H groups in total. The van der Waals surface area contributed by atoms with Crippen molar-refractivity contribution in [2.75, 3.05) is 0 Å². The fourth-order valence-corrected chi connectivity index (χ4v) is 4.05. The predicted octanol–water partition coefficient (Wildman–Crippen LogP) is 4.13. The molecule has 3 aromatic carbocycles. The van der Waals surface area contributed by atoms with E-state index in [0.29, 0.717) is 5.39 Å². The van der Waals surface area contributed by atoms with E-state index in [1.165, 1.54) is 16.7 Å². The van der Waals surface area contributed by atoms with Crippen molar-refractivity contribution in [3.05, 3.63) is 112 Å². The summed E-state index contributed by atoms with van der Waals surface area (Å²) in [5.41, 5.74) is 4.66. The maximum absolute atomic E-state index is 12.6. The Morgan fingerprint density at radius 2 is 1.62 bits per heavy atom. The molecule has 5 rings (SSSR count). The van der Waals surface area contributed by atoms with Crippen LogP contribution in [0.15, 0.2) is 83.7 Å². The highest BCUT2D eigenvalue weighted by atomic mass is 16.1. The van der Waals surface area contributed by atoms with Crippen LogP contribution in [-0.2, 0) is 13.0 Å². The van der Waals surface area contributed by atoms with Crippen molar-refractivity contribution >= 4 is 10.9 Å². The zero-order valence-corrected chi connectivity index (χ0v) is 14.3. The SMILES string of the molecule is O=c1nc2n(c3ccccc13)Cc1ccccc1C2Cc1ccccc1. The van der Waals surface area contributed by atoms with Gasteiger partial charge in [-0.05, 0) is 35.2 Å². The lowest BCUT2D eigenvalue weighted by Crippen LogP contribution is -2.28. The van der Waals surface area contributed by atoms with Crippen molar-refractivity contribution in [3.63, 3.8) is 0 Å². The van der Waals surface area contributed by atoms with Gasteiger partial charge >= 0.3 is 0 Å². The molecule has 0 amide bonds. The molecule has 0 fully saturated rings. The average molecular weight is 338 g/mol. The van der Waals surface area contributed by atoms with Gasteiger partial charge in [-0.15, -0.1) is 0 Å². The lowest BCUT2D eigenvalue weighted by molar-refractivity contribution is 0.603. The summed E-state index contributed by atoms with van der Waals surface area (Å²) in [5.74, 6) is 0.955. The molecule has 0 bridgehead atoms. The number of hydrogen-bond acceptors (Lipinski definition) is 2. The van der Waals surface area contributed by atoms with Crippen LogP contribution in [0.3, 0.4) is 0 Å². The predicted molar refractivity (Wildman–Crippen MR) is 104 cm³/mol. The quantitative estimate of drug-likeness (QED) is 0.551. The van der Waals surface area contributed by atoms with Crippen LogP contribution in [-0.4, -0.2) is 9.55 Å². The summed E-state index contributed by atoms with van der Waals surface area (Å²) in [5, 5.41) is 0.689. The van der Waals surface area contributed by atoms with E-state index in [-0.39, 0.29) is 11.5 Å². The van der Waals surface area contributed by atoms with E-state index in [9.17, 15) is 4.79 Å². The summed E-state index contributed by atoms with van der Waals surface area (Å²) in [4.78, 5) is 17.2. The number of fused-ring (bicyclic) bond motifs is 4. The summed E-state index contributed by atoms with van der Waals surface area (Å²) in [6.07, 6.45) is 0.836. The molecule has 1 aliphatic rings. The van der Waals surface area contributed by atoms with Gasteiger partial charge in [-0.1, -0.05) is 66.7 Å². The van der Waals surface area contributed by atoms with Crippen molar-refractivity contribution in [1.82, 2.24) is 9.55 Å². The molecule has 1 atom stereocenters. The van der Waals surface area contributed by atoms with Crippen molar-refractivity contribution in [1.29, 1.82) is 0 Å². The van der Waals surface area contributed by atoms with Gasteiger partial charge in [0.25, 0.3) is 5.56 Å². The molecule has 4 aromatic rings. The molecule has 1 aliphatic heterocycles. The van der Waals surface area contributed by atoms with E-state index < -0.39 is 0 Å². The lowest BCUT2D eigenvalue weighted by Gasteiger charge is -2.30. The van der Waals surface area contributed by atoms with Gasteiger partial charge in [-0.2, -0.15) is 4.98 Å². The van der Waals surface area contributed by atoms with Gasteiger partial charge < -0.3 is 4.57 Å². The Bertz CT molecular complexity index is 1160. The zero-order valence-electron chi connectivity index (χ0n) is 14.3. The molecule has 1 aromatic heterocycles. The van der Waals surface area contributed by atoms with Gasteiger partial charge in [-0.3, -0.25) is 4.79 Å². The largest absolute Gasteiger partial charge is 0.324 e. The number of hydrogen-bond donors (Lipinski definition) is 0. The highest BCUT2D eigenvalue weighted by Gasteiger charge is 2.28. The topological polar surface area (TPSA) is 34.9 Å². The smallest absolute Gasteiger partial charge is 0.280 e. The van der Waals surface area contributed by atoms with Crippen LogP contribution in [0, 0.1) is 0 Å². The van der Waals surface area contributed by atoms with Gasteiger partial charge in [0, 0.05) is 12.5 Å². The second-order valence-electron chi connectivity index (χ2n) is 6.82. The van der Waals surface area contributed by atoms with Crippen molar-refractivity contribution in [2.24, 2.45) is 0 Å². The molecule has 0 saturated carbocycles. The van der Waals surface area contributed by atoms with Gasteiger partial charge in [0.15, 0.2) is 0 Å². The normalized spacial score (nSPS) is 15.5. The minimum absolute atomic E-state index is 0.0830. The molecule has 0 spiro atoms. The van der Waals surface area contributed by atoms with Crippen LogP contribution in [0.2, 0.25) is 0 Å². The van der Waals surface area contributed by atoms with E-state index in [1.54, 1.807) is 0 Å². The molecule has 2 heterocycles. The monoisotopic (exact) mass is 338 g/mol. The third kappa shape index (κ3) is 2.36. The maximum atomic E-state index is 12.6. The van der Waals surface area contributed by atoms with E-state index in [4.69, 9.17) is 0 Å². The van der Waals surface area contributed by atoms with Crippen molar-refractivity contribution < 1.29 is 0 Å². The van der Waals surface area contributed by atoms with Crippen LogP contribution in [0.5, 0.6) is 0 Å². The lowest BCUT2D eigenvalue weighted by atomic mass is 9.85. The molecule has 3 heteroatoms. The average Bonchev–Trinajstić information content (AvgIpc) is 2.70. The Labute approximate surface area is 151 Å². The standard InChI is InChI=1S/C23H18N2O/c26-23-19-12-6-7-13-21(19)25-15-17-10-4-5-11-18(17)20(22(25)24-23)14-16-8-2-1-3-9-16/h1-13,20H,14-15H2. The van der Waals surface area contributed by atoms with E-state index in [2.05, 4.69) is 58.1 Å². The van der Waals surface area contributed by atoms with Gasteiger partial charge in [0.1, 0.15) is 5.82 Å².